The van der Waals surface area contributed by atoms with E-state index in [4.69, 9.17) is 10.7 Å². The van der Waals surface area contributed by atoms with Crippen LogP contribution in [0.1, 0.15) is 55.6 Å². The zero-order valence-electron chi connectivity index (χ0n) is 11.2. The van der Waals surface area contributed by atoms with Crippen LogP contribution in [0.25, 0.3) is 0 Å². The number of hydrogen-bond donors (Lipinski definition) is 1. The highest BCUT2D eigenvalue weighted by Gasteiger charge is 2.24. The zero-order chi connectivity index (χ0) is 12.5. The van der Waals surface area contributed by atoms with E-state index >= 15 is 0 Å². The SMILES string of the molecule is CC1CCCN(c2nc3c(s2)C(N)CCC3)CC1. The Balaban J connectivity index is 1.79. The number of nitrogens with two attached hydrogens (primary N) is 1. The van der Waals surface area contributed by atoms with Crippen LogP contribution in [0.3, 0.4) is 0 Å². The molecule has 3 rings (SSSR count). The Bertz CT molecular complexity index is 415. The molecule has 2 unspecified atom stereocenters. The number of thiazole rings is 1. The predicted octanol–water partition coefficient (Wildman–Crippen LogP) is 3.11. The Morgan fingerprint density at radius 2 is 2.11 bits per heavy atom. The molecule has 1 aliphatic heterocycles. The molecule has 1 aromatic heterocycles. The third-order valence-corrected chi connectivity index (χ3v) is 5.56. The van der Waals surface area contributed by atoms with E-state index in [0.717, 1.165) is 18.8 Å². The molecule has 2 atom stereocenters. The first kappa shape index (κ1) is 12.4. The topological polar surface area (TPSA) is 42.2 Å². The van der Waals surface area contributed by atoms with Gasteiger partial charge in [-0.3, -0.25) is 0 Å². The lowest BCUT2D eigenvalue weighted by Gasteiger charge is -2.18. The maximum absolute atomic E-state index is 6.19. The number of rotatable bonds is 1. The predicted molar refractivity (Wildman–Crippen MR) is 77.2 cm³/mol. The summed E-state index contributed by atoms with van der Waals surface area (Å²) in [6.45, 7) is 4.71. The summed E-state index contributed by atoms with van der Waals surface area (Å²) >= 11 is 1.85. The van der Waals surface area contributed by atoms with Crippen molar-refractivity contribution in [2.24, 2.45) is 11.7 Å². The molecule has 4 heteroatoms. The van der Waals surface area contributed by atoms with E-state index in [9.17, 15) is 0 Å². The van der Waals surface area contributed by atoms with Crippen molar-refractivity contribution in [1.29, 1.82) is 0 Å². The Morgan fingerprint density at radius 3 is 2.94 bits per heavy atom. The second-order valence-corrected chi connectivity index (χ2v) is 6.84. The van der Waals surface area contributed by atoms with Crippen molar-refractivity contribution in [2.75, 3.05) is 18.0 Å². The molecule has 2 aliphatic rings. The van der Waals surface area contributed by atoms with Gasteiger partial charge < -0.3 is 10.6 Å². The Labute approximate surface area is 113 Å². The highest BCUT2D eigenvalue weighted by molar-refractivity contribution is 7.15. The number of aryl methyl sites for hydroxylation is 1. The molecule has 18 heavy (non-hydrogen) atoms. The van der Waals surface area contributed by atoms with Gasteiger partial charge >= 0.3 is 0 Å². The van der Waals surface area contributed by atoms with Crippen molar-refractivity contribution in [1.82, 2.24) is 4.98 Å². The van der Waals surface area contributed by atoms with E-state index in [2.05, 4.69) is 11.8 Å². The van der Waals surface area contributed by atoms with E-state index in [1.165, 1.54) is 54.5 Å². The lowest BCUT2D eigenvalue weighted by molar-refractivity contribution is 0.521. The van der Waals surface area contributed by atoms with E-state index in [1.807, 2.05) is 11.3 Å². The minimum absolute atomic E-state index is 0.242. The molecule has 0 amide bonds. The first-order chi connectivity index (χ1) is 8.74. The summed E-state index contributed by atoms with van der Waals surface area (Å²) in [5, 5.41) is 1.23. The monoisotopic (exact) mass is 265 g/mol. The molecule has 0 aromatic carbocycles. The third kappa shape index (κ3) is 2.41. The molecule has 2 N–H and O–H groups in total. The third-order valence-electron chi connectivity index (χ3n) is 4.27. The van der Waals surface area contributed by atoms with Crippen molar-refractivity contribution in [3.8, 4) is 0 Å². The highest BCUT2D eigenvalue weighted by atomic mass is 32.1. The van der Waals surface area contributed by atoms with Gasteiger partial charge in [-0.05, 0) is 44.4 Å². The molecule has 1 aliphatic carbocycles. The van der Waals surface area contributed by atoms with E-state index in [1.54, 1.807) is 0 Å². The Morgan fingerprint density at radius 1 is 1.22 bits per heavy atom. The number of fused-ring (bicyclic) bond motifs is 1. The van der Waals surface area contributed by atoms with E-state index < -0.39 is 0 Å². The second-order valence-electron chi connectivity index (χ2n) is 5.83. The number of anilines is 1. The number of aromatic nitrogens is 1. The van der Waals surface area contributed by atoms with Crippen molar-refractivity contribution in [2.45, 2.75) is 51.5 Å². The van der Waals surface area contributed by atoms with Gasteiger partial charge in [0, 0.05) is 24.0 Å². The van der Waals surface area contributed by atoms with Crippen molar-refractivity contribution < 1.29 is 0 Å². The lowest BCUT2D eigenvalue weighted by Crippen LogP contribution is -2.23. The van der Waals surface area contributed by atoms with Gasteiger partial charge in [0.1, 0.15) is 0 Å². The fourth-order valence-electron chi connectivity index (χ4n) is 3.03. The molecule has 1 saturated heterocycles. The highest BCUT2D eigenvalue weighted by Crippen LogP contribution is 2.37. The molecule has 0 saturated carbocycles. The summed E-state index contributed by atoms with van der Waals surface area (Å²) in [5.74, 6) is 0.867. The Hall–Kier alpha value is -0.610. The van der Waals surface area contributed by atoms with E-state index in [-0.39, 0.29) is 6.04 Å². The van der Waals surface area contributed by atoms with Crippen molar-refractivity contribution >= 4 is 16.5 Å². The van der Waals surface area contributed by atoms with Gasteiger partial charge in [-0.25, -0.2) is 4.98 Å². The average Bonchev–Trinajstić information content (AvgIpc) is 2.67. The molecule has 0 radical (unpaired) electrons. The lowest BCUT2D eigenvalue weighted by atomic mass is 9.99. The van der Waals surface area contributed by atoms with Crippen LogP contribution >= 0.6 is 11.3 Å². The van der Waals surface area contributed by atoms with Crippen LogP contribution in [0.15, 0.2) is 0 Å². The maximum atomic E-state index is 6.19. The molecule has 100 valence electrons. The van der Waals surface area contributed by atoms with Crippen LogP contribution in [-0.4, -0.2) is 18.1 Å². The molecule has 1 fully saturated rings. The first-order valence-electron chi connectivity index (χ1n) is 7.24. The quantitative estimate of drug-likeness (QED) is 0.848. The van der Waals surface area contributed by atoms with Crippen LogP contribution in [0.4, 0.5) is 5.13 Å². The van der Waals surface area contributed by atoms with Gasteiger partial charge in [-0.2, -0.15) is 0 Å². The molecular weight excluding hydrogens is 242 g/mol. The van der Waals surface area contributed by atoms with Gasteiger partial charge in [0.05, 0.1) is 5.69 Å². The average molecular weight is 265 g/mol. The molecule has 1 aromatic rings. The van der Waals surface area contributed by atoms with Gasteiger partial charge in [0.15, 0.2) is 5.13 Å². The van der Waals surface area contributed by atoms with Crippen LogP contribution in [-0.2, 0) is 6.42 Å². The van der Waals surface area contributed by atoms with Gasteiger partial charge in [0.25, 0.3) is 0 Å². The summed E-state index contributed by atoms with van der Waals surface area (Å²) in [5.41, 5.74) is 7.48. The minimum Gasteiger partial charge on any atom is -0.348 e. The maximum Gasteiger partial charge on any atom is 0.185 e. The first-order valence-corrected chi connectivity index (χ1v) is 8.06. The van der Waals surface area contributed by atoms with Crippen LogP contribution in [0.5, 0.6) is 0 Å². The van der Waals surface area contributed by atoms with Gasteiger partial charge in [0.2, 0.25) is 0 Å². The fraction of sp³-hybridized carbons (Fsp3) is 0.786. The van der Waals surface area contributed by atoms with Crippen molar-refractivity contribution in [3.05, 3.63) is 10.6 Å². The summed E-state index contributed by atoms with van der Waals surface area (Å²) < 4.78 is 0. The summed E-state index contributed by atoms with van der Waals surface area (Å²) in [6.07, 6.45) is 7.43. The standard InChI is InChI=1S/C14H23N3S/c1-10-4-3-8-17(9-7-10)14-16-12-6-2-5-11(15)13(12)18-14/h10-11H,2-9,15H2,1H3. The van der Waals surface area contributed by atoms with Crippen molar-refractivity contribution in [3.63, 3.8) is 0 Å². The molecule has 0 spiro atoms. The van der Waals surface area contributed by atoms with Crippen LogP contribution in [0, 0.1) is 5.92 Å². The number of nitrogens with zero attached hydrogens (tertiary/aromatic N) is 2. The number of hydrogen-bond acceptors (Lipinski definition) is 4. The zero-order valence-corrected chi connectivity index (χ0v) is 12.0. The summed E-state index contributed by atoms with van der Waals surface area (Å²) in [4.78, 5) is 8.70. The second kappa shape index (κ2) is 5.17. The van der Waals surface area contributed by atoms with Crippen LogP contribution in [0.2, 0.25) is 0 Å². The fourth-order valence-corrected chi connectivity index (χ4v) is 4.23. The minimum atomic E-state index is 0.242. The molecule has 3 nitrogen and oxygen atoms in total. The largest absolute Gasteiger partial charge is 0.348 e. The summed E-state index contributed by atoms with van der Waals surface area (Å²) in [7, 11) is 0. The molecule has 2 heterocycles. The van der Waals surface area contributed by atoms with Gasteiger partial charge in [-0.15, -0.1) is 0 Å². The molecular formula is C14H23N3S. The van der Waals surface area contributed by atoms with Gasteiger partial charge in [-0.1, -0.05) is 18.3 Å². The Kier molecular flexibility index (Phi) is 3.57. The normalized spacial score (nSPS) is 28.9. The van der Waals surface area contributed by atoms with E-state index in [0.29, 0.717) is 0 Å². The summed E-state index contributed by atoms with van der Waals surface area (Å²) in [6, 6.07) is 0.242. The smallest absolute Gasteiger partial charge is 0.185 e. The van der Waals surface area contributed by atoms with Crippen LogP contribution < -0.4 is 10.6 Å². The molecule has 0 bridgehead atoms.